The highest BCUT2D eigenvalue weighted by Gasteiger charge is 2.05. The van der Waals surface area contributed by atoms with E-state index in [4.69, 9.17) is 9.47 Å². The molecule has 3 nitrogen and oxygen atoms in total. The molecule has 2 aromatic rings. The third kappa shape index (κ3) is 3.38. The van der Waals surface area contributed by atoms with Gasteiger partial charge in [-0.3, -0.25) is 0 Å². The number of halogens is 2. The van der Waals surface area contributed by atoms with Gasteiger partial charge in [-0.05, 0) is 18.2 Å². The van der Waals surface area contributed by atoms with Crippen molar-refractivity contribution in [3.8, 4) is 11.5 Å². The Labute approximate surface area is 116 Å². The molecule has 2 aromatic carbocycles. The van der Waals surface area contributed by atoms with Crippen molar-refractivity contribution in [3.63, 3.8) is 0 Å². The second kappa shape index (κ2) is 6.23. The molecule has 0 spiro atoms. The van der Waals surface area contributed by atoms with E-state index in [0.29, 0.717) is 17.2 Å². The molecule has 5 heteroatoms. The molecular weight excluding hydrogens is 264 g/mol. The fourth-order valence-corrected chi connectivity index (χ4v) is 1.79. The summed E-state index contributed by atoms with van der Waals surface area (Å²) < 4.78 is 36.9. The molecule has 0 amide bonds. The summed E-state index contributed by atoms with van der Waals surface area (Å²) in [4.78, 5) is 0. The number of rotatable bonds is 5. The van der Waals surface area contributed by atoms with E-state index in [-0.39, 0.29) is 12.1 Å². The van der Waals surface area contributed by atoms with Gasteiger partial charge < -0.3 is 14.8 Å². The van der Waals surface area contributed by atoms with Crippen molar-refractivity contribution in [1.29, 1.82) is 0 Å². The summed E-state index contributed by atoms with van der Waals surface area (Å²) in [5, 5.41) is 3.01. The first kappa shape index (κ1) is 14.1. The third-order valence-corrected chi connectivity index (χ3v) is 2.84. The summed E-state index contributed by atoms with van der Waals surface area (Å²) >= 11 is 0. The van der Waals surface area contributed by atoms with E-state index in [2.05, 4.69) is 5.32 Å². The average molecular weight is 279 g/mol. The van der Waals surface area contributed by atoms with E-state index in [1.165, 1.54) is 6.07 Å². The van der Waals surface area contributed by atoms with Crippen LogP contribution in [0.2, 0.25) is 0 Å². The van der Waals surface area contributed by atoms with Gasteiger partial charge >= 0.3 is 0 Å². The normalized spacial score (nSPS) is 10.2. The van der Waals surface area contributed by atoms with Crippen LogP contribution in [-0.4, -0.2) is 14.2 Å². The number of hydrogen-bond donors (Lipinski definition) is 1. The minimum Gasteiger partial charge on any atom is -0.497 e. The third-order valence-electron chi connectivity index (χ3n) is 2.84. The Kier molecular flexibility index (Phi) is 4.40. The standard InChI is InChI=1S/C15H15F2NO2/c1-19-13-6-12(7-14(8-13)20-2)18-9-10-5-11(16)3-4-15(10)17/h3-8,18H,9H2,1-2H3. The lowest BCUT2D eigenvalue weighted by molar-refractivity contribution is 0.394. The Morgan fingerprint density at radius 1 is 0.950 bits per heavy atom. The highest BCUT2D eigenvalue weighted by Crippen LogP contribution is 2.26. The smallest absolute Gasteiger partial charge is 0.128 e. The molecule has 0 aromatic heterocycles. The van der Waals surface area contributed by atoms with Crippen LogP contribution in [0.5, 0.6) is 11.5 Å². The Hall–Kier alpha value is -2.30. The van der Waals surface area contributed by atoms with Crippen molar-refractivity contribution in [1.82, 2.24) is 0 Å². The van der Waals surface area contributed by atoms with Gasteiger partial charge in [-0.2, -0.15) is 0 Å². The summed E-state index contributed by atoms with van der Waals surface area (Å²) in [7, 11) is 3.09. The Morgan fingerprint density at radius 3 is 2.20 bits per heavy atom. The van der Waals surface area contributed by atoms with Crippen molar-refractivity contribution in [2.75, 3.05) is 19.5 Å². The number of methoxy groups -OCH3 is 2. The lowest BCUT2D eigenvalue weighted by Gasteiger charge is -2.11. The number of nitrogens with one attached hydrogen (secondary N) is 1. The quantitative estimate of drug-likeness (QED) is 0.907. The predicted molar refractivity (Wildman–Crippen MR) is 73.2 cm³/mol. The van der Waals surface area contributed by atoms with E-state index in [0.717, 1.165) is 12.1 Å². The molecule has 0 saturated heterocycles. The zero-order valence-electron chi connectivity index (χ0n) is 11.2. The zero-order valence-corrected chi connectivity index (χ0v) is 11.2. The van der Waals surface area contributed by atoms with Crippen molar-refractivity contribution < 1.29 is 18.3 Å². The highest BCUT2D eigenvalue weighted by atomic mass is 19.1. The van der Waals surface area contributed by atoms with Crippen LogP contribution in [0.15, 0.2) is 36.4 Å². The van der Waals surface area contributed by atoms with Crippen LogP contribution in [0, 0.1) is 11.6 Å². The number of hydrogen-bond acceptors (Lipinski definition) is 3. The van der Waals surface area contributed by atoms with Gasteiger partial charge in [0.05, 0.1) is 14.2 Å². The zero-order chi connectivity index (χ0) is 14.5. The lowest BCUT2D eigenvalue weighted by Crippen LogP contribution is -2.03. The fourth-order valence-electron chi connectivity index (χ4n) is 1.79. The summed E-state index contributed by atoms with van der Waals surface area (Å²) in [5.74, 6) is 0.318. The Morgan fingerprint density at radius 2 is 1.60 bits per heavy atom. The molecule has 0 unspecified atom stereocenters. The molecule has 0 aliphatic heterocycles. The molecule has 0 fully saturated rings. The average Bonchev–Trinajstić information content (AvgIpc) is 2.47. The van der Waals surface area contributed by atoms with Crippen LogP contribution in [0.4, 0.5) is 14.5 Å². The lowest BCUT2D eigenvalue weighted by atomic mass is 10.2. The molecule has 0 aliphatic rings. The van der Waals surface area contributed by atoms with Crippen LogP contribution in [0.25, 0.3) is 0 Å². The molecule has 0 saturated carbocycles. The minimum absolute atomic E-state index is 0.167. The molecule has 1 N–H and O–H groups in total. The molecule has 0 radical (unpaired) electrons. The van der Waals surface area contributed by atoms with Crippen LogP contribution in [0.3, 0.4) is 0 Å². The molecule has 20 heavy (non-hydrogen) atoms. The van der Waals surface area contributed by atoms with Crippen LogP contribution >= 0.6 is 0 Å². The minimum atomic E-state index is -0.466. The maximum Gasteiger partial charge on any atom is 0.128 e. The highest BCUT2D eigenvalue weighted by molar-refractivity contribution is 5.54. The molecule has 2 rings (SSSR count). The van der Waals surface area contributed by atoms with E-state index >= 15 is 0 Å². The molecular formula is C15H15F2NO2. The first-order valence-electron chi connectivity index (χ1n) is 6.03. The predicted octanol–water partition coefficient (Wildman–Crippen LogP) is 3.59. The van der Waals surface area contributed by atoms with Crippen molar-refractivity contribution in [2.45, 2.75) is 6.54 Å². The van der Waals surface area contributed by atoms with Crippen molar-refractivity contribution in [3.05, 3.63) is 53.6 Å². The molecule has 0 bridgehead atoms. The topological polar surface area (TPSA) is 30.5 Å². The maximum absolute atomic E-state index is 13.5. The van der Waals surface area contributed by atoms with Gasteiger partial charge in [0.1, 0.15) is 23.1 Å². The van der Waals surface area contributed by atoms with Crippen molar-refractivity contribution >= 4 is 5.69 Å². The first-order valence-corrected chi connectivity index (χ1v) is 6.03. The summed E-state index contributed by atoms with van der Waals surface area (Å²) in [6, 6.07) is 8.60. The van der Waals surface area contributed by atoms with Gasteiger partial charge in [0.15, 0.2) is 0 Å². The second-order valence-corrected chi connectivity index (χ2v) is 4.19. The number of anilines is 1. The van der Waals surface area contributed by atoms with Gasteiger partial charge in [-0.1, -0.05) is 0 Å². The van der Waals surface area contributed by atoms with Gasteiger partial charge in [0, 0.05) is 36.0 Å². The van der Waals surface area contributed by atoms with Gasteiger partial charge in [-0.15, -0.1) is 0 Å². The first-order chi connectivity index (χ1) is 9.62. The molecule has 0 aliphatic carbocycles. The Balaban J connectivity index is 2.16. The summed E-state index contributed by atoms with van der Waals surface area (Å²) in [5.41, 5.74) is 0.955. The van der Waals surface area contributed by atoms with E-state index in [1.54, 1.807) is 32.4 Å². The SMILES string of the molecule is COc1cc(NCc2cc(F)ccc2F)cc(OC)c1. The molecule has 106 valence electrons. The van der Waals surface area contributed by atoms with Gasteiger partial charge in [0.2, 0.25) is 0 Å². The van der Waals surface area contributed by atoms with E-state index in [9.17, 15) is 8.78 Å². The van der Waals surface area contributed by atoms with E-state index < -0.39 is 11.6 Å². The van der Waals surface area contributed by atoms with Crippen molar-refractivity contribution in [2.24, 2.45) is 0 Å². The maximum atomic E-state index is 13.5. The number of ether oxygens (including phenoxy) is 2. The molecule has 0 heterocycles. The number of benzene rings is 2. The second-order valence-electron chi connectivity index (χ2n) is 4.19. The van der Waals surface area contributed by atoms with Crippen LogP contribution in [0.1, 0.15) is 5.56 Å². The van der Waals surface area contributed by atoms with E-state index in [1.807, 2.05) is 0 Å². The van der Waals surface area contributed by atoms with Gasteiger partial charge in [0.25, 0.3) is 0 Å². The Bertz CT molecular complexity index is 580. The van der Waals surface area contributed by atoms with Gasteiger partial charge in [-0.25, -0.2) is 8.78 Å². The monoisotopic (exact) mass is 279 g/mol. The summed E-state index contributed by atoms with van der Waals surface area (Å²) in [6.07, 6.45) is 0. The fraction of sp³-hybridized carbons (Fsp3) is 0.200. The van der Waals surface area contributed by atoms with Crippen LogP contribution in [-0.2, 0) is 6.54 Å². The summed E-state index contributed by atoms with van der Waals surface area (Å²) in [6.45, 7) is 0.167. The van der Waals surface area contributed by atoms with Crippen LogP contribution < -0.4 is 14.8 Å². The molecule has 0 atom stereocenters. The largest absolute Gasteiger partial charge is 0.497 e.